The van der Waals surface area contributed by atoms with E-state index in [1.54, 1.807) is 0 Å². The quantitative estimate of drug-likeness (QED) is 0.716. The highest BCUT2D eigenvalue weighted by Gasteiger charge is 1.98. The normalized spacial score (nSPS) is 9.92. The molecule has 2 heteroatoms. The summed E-state index contributed by atoms with van der Waals surface area (Å²) in [4.78, 5) is 11.0. The monoisotopic (exact) mass is 177 g/mol. The molecule has 0 spiro atoms. The Morgan fingerprint density at radius 1 is 1.31 bits per heavy atom. The van der Waals surface area contributed by atoms with Crippen LogP contribution < -0.4 is 5.73 Å². The topological polar surface area (TPSA) is 43.1 Å². The van der Waals surface area contributed by atoms with Crippen LogP contribution in [0.5, 0.6) is 0 Å². The van der Waals surface area contributed by atoms with Crippen molar-refractivity contribution in [3.05, 3.63) is 29.8 Å². The van der Waals surface area contributed by atoms with Crippen molar-refractivity contribution in [2.45, 2.75) is 26.2 Å². The van der Waals surface area contributed by atoms with Crippen molar-refractivity contribution in [2.75, 3.05) is 5.73 Å². The van der Waals surface area contributed by atoms with Crippen LogP contribution in [-0.4, -0.2) is 5.78 Å². The number of rotatable bonds is 4. The second-order valence-corrected chi connectivity index (χ2v) is 3.13. The maximum Gasteiger partial charge on any atom is 0.132 e. The highest BCUT2D eigenvalue weighted by Crippen LogP contribution is 2.08. The van der Waals surface area contributed by atoms with Gasteiger partial charge in [0.05, 0.1) is 0 Å². The zero-order valence-corrected chi connectivity index (χ0v) is 7.92. The summed E-state index contributed by atoms with van der Waals surface area (Å²) in [6.45, 7) is 1.89. The molecule has 0 bridgehead atoms. The first kappa shape index (κ1) is 9.78. The Kier molecular flexibility index (Phi) is 3.50. The molecule has 0 atom stereocenters. The van der Waals surface area contributed by atoms with Gasteiger partial charge in [0.2, 0.25) is 0 Å². The van der Waals surface area contributed by atoms with Crippen LogP contribution in [0.4, 0.5) is 5.69 Å². The Morgan fingerprint density at radius 2 is 1.92 bits per heavy atom. The highest BCUT2D eigenvalue weighted by molar-refractivity contribution is 5.78. The number of anilines is 1. The van der Waals surface area contributed by atoms with Gasteiger partial charge >= 0.3 is 0 Å². The molecule has 0 aliphatic rings. The molecule has 13 heavy (non-hydrogen) atoms. The predicted molar refractivity (Wildman–Crippen MR) is 54.5 cm³/mol. The number of hydrogen-bond donors (Lipinski definition) is 1. The maximum absolute atomic E-state index is 11.0. The fraction of sp³-hybridized carbons (Fsp3) is 0.364. The number of nitrogens with two attached hydrogens (primary N) is 1. The molecule has 1 rings (SSSR count). The summed E-state index contributed by atoms with van der Waals surface area (Å²) in [5.41, 5.74) is 7.49. The third-order valence-electron chi connectivity index (χ3n) is 2.07. The van der Waals surface area contributed by atoms with Gasteiger partial charge in [-0.05, 0) is 24.1 Å². The summed E-state index contributed by atoms with van der Waals surface area (Å²) in [5.74, 6) is 0.317. The summed E-state index contributed by atoms with van der Waals surface area (Å²) in [7, 11) is 0. The number of hydrogen-bond acceptors (Lipinski definition) is 2. The van der Waals surface area contributed by atoms with E-state index in [1.165, 1.54) is 5.56 Å². The largest absolute Gasteiger partial charge is 0.399 e. The summed E-state index contributed by atoms with van der Waals surface area (Å²) < 4.78 is 0. The number of carbonyl (C=O) groups excluding carboxylic acids is 1. The first-order chi connectivity index (χ1) is 6.22. The van der Waals surface area contributed by atoms with Crippen LogP contribution in [-0.2, 0) is 11.2 Å². The van der Waals surface area contributed by atoms with E-state index in [1.807, 2.05) is 31.2 Å². The van der Waals surface area contributed by atoms with Crippen LogP contribution in [0.25, 0.3) is 0 Å². The van der Waals surface area contributed by atoms with Crippen LogP contribution in [0.2, 0.25) is 0 Å². The summed E-state index contributed by atoms with van der Waals surface area (Å²) in [6.07, 6.45) is 2.10. The first-order valence-electron chi connectivity index (χ1n) is 4.58. The molecule has 0 heterocycles. The van der Waals surface area contributed by atoms with Crippen molar-refractivity contribution >= 4 is 11.5 Å². The molecule has 0 fully saturated rings. The number of aryl methyl sites for hydroxylation is 1. The smallest absolute Gasteiger partial charge is 0.132 e. The molecule has 1 aromatic carbocycles. The van der Waals surface area contributed by atoms with Crippen LogP contribution >= 0.6 is 0 Å². The molecule has 0 aliphatic carbocycles. The lowest BCUT2D eigenvalue weighted by molar-refractivity contribution is -0.118. The van der Waals surface area contributed by atoms with E-state index < -0.39 is 0 Å². The number of nitrogen functional groups attached to an aromatic ring is 1. The minimum atomic E-state index is 0.317. The summed E-state index contributed by atoms with van der Waals surface area (Å²) in [6, 6.07) is 7.67. The van der Waals surface area contributed by atoms with Crippen molar-refractivity contribution in [1.82, 2.24) is 0 Å². The van der Waals surface area contributed by atoms with Crippen molar-refractivity contribution in [2.24, 2.45) is 0 Å². The third-order valence-corrected chi connectivity index (χ3v) is 2.07. The van der Waals surface area contributed by atoms with Crippen LogP contribution in [0.15, 0.2) is 24.3 Å². The van der Waals surface area contributed by atoms with Crippen LogP contribution in [0.3, 0.4) is 0 Å². The lowest BCUT2D eigenvalue weighted by Gasteiger charge is -2.00. The Balaban J connectivity index is 2.46. The van der Waals surface area contributed by atoms with Gasteiger partial charge in [0.1, 0.15) is 5.78 Å². The molecule has 0 aromatic heterocycles. The number of carbonyl (C=O) groups is 1. The second-order valence-electron chi connectivity index (χ2n) is 3.13. The van der Waals surface area contributed by atoms with Gasteiger partial charge in [-0.25, -0.2) is 0 Å². The molecule has 0 unspecified atom stereocenters. The predicted octanol–water partition coefficient (Wildman–Crippen LogP) is 2.18. The zero-order chi connectivity index (χ0) is 9.68. The molecule has 1 aromatic rings. The Hall–Kier alpha value is -1.31. The number of ketones is 1. The van der Waals surface area contributed by atoms with E-state index in [9.17, 15) is 4.79 Å². The summed E-state index contributed by atoms with van der Waals surface area (Å²) in [5, 5.41) is 0. The van der Waals surface area contributed by atoms with Gasteiger partial charge in [-0.1, -0.05) is 19.1 Å². The van der Waals surface area contributed by atoms with Crippen molar-refractivity contribution < 1.29 is 4.79 Å². The van der Waals surface area contributed by atoms with Gasteiger partial charge in [0.25, 0.3) is 0 Å². The van der Waals surface area contributed by atoms with Gasteiger partial charge in [0, 0.05) is 18.5 Å². The van der Waals surface area contributed by atoms with E-state index in [-0.39, 0.29) is 0 Å². The van der Waals surface area contributed by atoms with Gasteiger partial charge in [-0.3, -0.25) is 4.79 Å². The number of Topliss-reactive ketones (excluding diaryl/α,β-unsaturated/α-hetero) is 1. The minimum Gasteiger partial charge on any atom is -0.399 e. The standard InChI is InChI=1S/C11H15NO/c1-2-11(13)8-5-9-3-6-10(12)7-4-9/h3-4,6-7H,2,5,8,12H2,1H3. The first-order valence-corrected chi connectivity index (χ1v) is 4.58. The molecule has 0 saturated heterocycles. The SMILES string of the molecule is CCC(=O)CCc1ccc(N)cc1. The number of benzene rings is 1. The van der Waals surface area contributed by atoms with Crippen LogP contribution in [0, 0.1) is 0 Å². The Bertz CT molecular complexity index is 277. The van der Waals surface area contributed by atoms with E-state index >= 15 is 0 Å². The van der Waals surface area contributed by atoms with E-state index in [4.69, 9.17) is 5.73 Å². The molecule has 0 radical (unpaired) electrons. The van der Waals surface area contributed by atoms with E-state index in [2.05, 4.69) is 0 Å². The average Bonchev–Trinajstić information content (AvgIpc) is 2.16. The summed E-state index contributed by atoms with van der Waals surface area (Å²) >= 11 is 0. The second kappa shape index (κ2) is 4.65. The zero-order valence-electron chi connectivity index (χ0n) is 7.92. The molecular formula is C11H15NO. The van der Waals surface area contributed by atoms with Crippen LogP contribution in [0.1, 0.15) is 25.3 Å². The molecule has 0 amide bonds. The average molecular weight is 177 g/mol. The maximum atomic E-state index is 11.0. The van der Waals surface area contributed by atoms with Crippen molar-refractivity contribution in [1.29, 1.82) is 0 Å². The van der Waals surface area contributed by atoms with Gasteiger partial charge in [-0.15, -0.1) is 0 Å². The van der Waals surface area contributed by atoms with Crippen molar-refractivity contribution in [3.63, 3.8) is 0 Å². The van der Waals surface area contributed by atoms with Gasteiger partial charge < -0.3 is 5.73 Å². The minimum absolute atomic E-state index is 0.317. The van der Waals surface area contributed by atoms with E-state index in [0.29, 0.717) is 18.6 Å². The van der Waals surface area contributed by atoms with Gasteiger partial charge in [0.15, 0.2) is 0 Å². The van der Waals surface area contributed by atoms with Gasteiger partial charge in [-0.2, -0.15) is 0 Å². The fourth-order valence-electron chi connectivity index (χ4n) is 1.14. The Labute approximate surface area is 78.8 Å². The lowest BCUT2D eigenvalue weighted by Crippen LogP contribution is -1.97. The molecule has 0 saturated carbocycles. The molecular weight excluding hydrogens is 162 g/mol. The molecule has 2 N–H and O–H groups in total. The fourth-order valence-corrected chi connectivity index (χ4v) is 1.14. The molecule has 70 valence electrons. The third kappa shape index (κ3) is 3.28. The Morgan fingerprint density at radius 3 is 2.46 bits per heavy atom. The van der Waals surface area contributed by atoms with E-state index in [0.717, 1.165) is 12.1 Å². The molecule has 2 nitrogen and oxygen atoms in total. The molecule has 0 aliphatic heterocycles. The lowest BCUT2D eigenvalue weighted by atomic mass is 10.1. The highest BCUT2D eigenvalue weighted by atomic mass is 16.1. The van der Waals surface area contributed by atoms with Crippen molar-refractivity contribution in [3.8, 4) is 0 Å².